The summed E-state index contributed by atoms with van der Waals surface area (Å²) in [4.78, 5) is 34.0. The van der Waals surface area contributed by atoms with E-state index >= 15 is 0 Å². The molecule has 1 aliphatic rings. The minimum absolute atomic E-state index is 0.573. The van der Waals surface area contributed by atoms with Gasteiger partial charge in [-0.1, -0.05) is 36.1 Å². The second kappa shape index (κ2) is 4.25. The number of carbonyl (C=O) groups is 3. The number of allylic oxidation sites excluding steroid dienone is 2. The largest absolute Gasteiger partial charge is 0.480 e. The molecule has 2 atom stereocenters. The number of hydrogen-bond donors (Lipinski definition) is 1. The fourth-order valence-electron chi connectivity index (χ4n) is 1.52. The van der Waals surface area contributed by atoms with Crippen LogP contribution in [0.15, 0.2) is 24.3 Å². The summed E-state index contributed by atoms with van der Waals surface area (Å²) in [5.41, 5.74) is 0.738. The molecule has 0 spiro atoms. The van der Waals surface area contributed by atoms with Crippen LogP contribution in [0.25, 0.3) is 0 Å². The van der Waals surface area contributed by atoms with Crippen molar-refractivity contribution in [2.75, 3.05) is 0 Å². The fraction of sp³-hybridized carbons (Fsp3) is 0.364. The summed E-state index contributed by atoms with van der Waals surface area (Å²) in [5, 5.41) is 8.18. The summed E-state index contributed by atoms with van der Waals surface area (Å²) in [5.74, 6) is -3.49. The first-order valence-corrected chi connectivity index (χ1v) is 5.45. The predicted octanol–water partition coefficient (Wildman–Crippen LogP) is 1.42. The molecular formula is C11H12O4S. The number of thioether (sulfide) groups is 1. The Hall–Kier alpha value is -1.36. The standard InChI is InChI=1S/C11H12O4S/c1-4-6(2)5-11(3)8(12)7(9(13)14)10(15)16-11/h4-5,7H,1H2,2-3H3,(H,13,14). The van der Waals surface area contributed by atoms with Crippen LogP contribution >= 0.6 is 11.8 Å². The molecule has 0 aliphatic carbocycles. The normalized spacial score (nSPS) is 30.6. The Bertz CT molecular complexity index is 410. The minimum atomic E-state index is -1.54. The van der Waals surface area contributed by atoms with E-state index in [0.29, 0.717) is 0 Å². The van der Waals surface area contributed by atoms with Crippen LogP contribution in [0.3, 0.4) is 0 Å². The van der Waals surface area contributed by atoms with Crippen molar-refractivity contribution in [3.8, 4) is 0 Å². The summed E-state index contributed by atoms with van der Waals surface area (Å²) >= 11 is 0.763. The van der Waals surface area contributed by atoms with E-state index in [-0.39, 0.29) is 0 Å². The average Bonchev–Trinajstić information content (AvgIpc) is 2.37. The molecular weight excluding hydrogens is 228 g/mol. The Morgan fingerprint density at radius 3 is 2.50 bits per heavy atom. The molecule has 0 aromatic heterocycles. The predicted molar refractivity (Wildman–Crippen MR) is 61.1 cm³/mol. The molecule has 1 N–H and O–H groups in total. The summed E-state index contributed by atoms with van der Waals surface area (Å²) in [6.07, 6.45) is 3.13. The zero-order chi connectivity index (χ0) is 12.5. The topological polar surface area (TPSA) is 71.4 Å². The molecule has 1 aliphatic heterocycles. The van der Waals surface area contributed by atoms with Gasteiger partial charge in [-0.3, -0.25) is 14.4 Å². The zero-order valence-electron chi connectivity index (χ0n) is 9.02. The second-order valence-electron chi connectivity index (χ2n) is 3.76. The molecule has 86 valence electrons. The Labute approximate surface area is 97.4 Å². The lowest BCUT2D eigenvalue weighted by Gasteiger charge is -2.15. The lowest BCUT2D eigenvalue weighted by Crippen LogP contribution is -2.33. The Balaban J connectivity index is 3.12. The van der Waals surface area contributed by atoms with Crippen LogP contribution in [-0.2, 0) is 14.4 Å². The Morgan fingerprint density at radius 2 is 2.12 bits per heavy atom. The lowest BCUT2D eigenvalue weighted by atomic mass is 9.93. The fourth-order valence-corrected chi connectivity index (χ4v) is 2.73. The molecule has 1 saturated heterocycles. The van der Waals surface area contributed by atoms with E-state index in [1.165, 1.54) is 0 Å². The van der Waals surface area contributed by atoms with Crippen molar-refractivity contribution < 1.29 is 19.5 Å². The van der Waals surface area contributed by atoms with Gasteiger partial charge in [0.1, 0.15) is 0 Å². The highest BCUT2D eigenvalue weighted by molar-refractivity contribution is 8.16. The molecule has 5 heteroatoms. The van der Waals surface area contributed by atoms with Crippen LogP contribution in [0.1, 0.15) is 13.8 Å². The van der Waals surface area contributed by atoms with Crippen molar-refractivity contribution >= 4 is 28.6 Å². The molecule has 1 rings (SSSR count). The molecule has 0 aromatic rings. The first-order valence-electron chi connectivity index (χ1n) is 4.63. The van der Waals surface area contributed by atoms with Gasteiger partial charge in [-0.05, 0) is 13.8 Å². The molecule has 0 radical (unpaired) electrons. The minimum Gasteiger partial charge on any atom is -0.480 e. The summed E-state index contributed by atoms with van der Waals surface area (Å²) in [6.45, 7) is 6.83. The van der Waals surface area contributed by atoms with E-state index < -0.39 is 27.5 Å². The lowest BCUT2D eigenvalue weighted by molar-refractivity contribution is -0.147. The van der Waals surface area contributed by atoms with Crippen LogP contribution in [0, 0.1) is 5.92 Å². The second-order valence-corrected chi connectivity index (χ2v) is 5.21. The zero-order valence-corrected chi connectivity index (χ0v) is 9.84. The molecule has 16 heavy (non-hydrogen) atoms. The first kappa shape index (κ1) is 12.7. The van der Waals surface area contributed by atoms with E-state index in [2.05, 4.69) is 6.58 Å². The van der Waals surface area contributed by atoms with Crippen LogP contribution < -0.4 is 0 Å². The number of carboxylic acid groups (broad SMARTS) is 1. The van der Waals surface area contributed by atoms with E-state index in [4.69, 9.17) is 5.11 Å². The van der Waals surface area contributed by atoms with Crippen LogP contribution in [-0.4, -0.2) is 26.7 Å². The van der Waals surface area contributed by atoms with Gasteiger partial charge in [0.15, 0.2) is 11.7 Å². The van der Waals surface area contributed by atoms with Gasteiger partial charge in [-0.2, -0.15) is 0 Å². The number of ketones is 1. The molecule has 0 bridgehead atoms. The third-order valence-electron chi connectivity index (χ3n) is 2.37. The highest BCUT2D eigenvalue weighted by Gasteiger charge is 2.53. The highest BCUT2D eigenvalue weighted by Crippen LogP contribution is 2.41. The van der Waals surface area contributed by atoms with Crippen LogP contribution in [0.5, 0.6) is 0 Å². The van der Waals surface area contributed by atoms with Gasteiger partial charge in [0, 0.05) is 0 Å². The van der Waals surface area contributed by atoms with Gasteiger partial charge in [0.25, 0.3) is 0 Å². The van der Waals surface area contributed by atoms with Gasteiger partial charge in [0.2, 0.25) is 5.12 Å². The average molecular weight is 240 g/mol. The molecule has 4 nitrogen and oxygen atoms in total. The number of carbonyl (C=O) groups excluding carboxylic acids is 2. The maximum Gasteiger partial charge on any atom is 0.322 e. The van der Waals surface area contributed by atoms with Crippen molar-refractivity contribution in [2.45, 2.75) is 18.6 Å². The van der Waals surface area contributed by atoms with Crippen molar-refractivity contribution in [2.24, 2.45) is 5.92 Å². The maximum atomic E-state index is 11.8. The van der Waals surface area contributed by atoms with Gasteiger partial charge < -0.3 is 5.11 Å². The van der Waals surface area contributed by atoms with Gasteiger partial charge in [-0.15, -0.1) is 0 Å². The van der Waals surface area contributed by atoms with Crippen molar-refractivity contribution in [1.29, 1.82) is 0 Å². The van der Waals surface area contributed by atoms with E-state index in [1.807, 2.05) is 0 Å². The summed E-state index contributed by atoms with van der Waals surface area (Å²) < 4.78 is -1.08. The third kappa shape index (κ3) is 2.09. The summed E-state index contributed by atoms with van der Waals surface area (Å²) in [6, 6.07) is 0. The molecule has 0 aromatic carbocycles. The number of hydrogen-bond acceptors (Lipinski definition) is 4. The van der Waals surface area contributed by atoms with E-state index in [0.717, 1.165) is 17.3 Å². The van der Waals surface area contributed by atoms with Gasteiger partial charge in [-0.25, -0.2) is 0 Å². The molecule has 2 unspecified atom stereocenters. The number of aliphatic carboxylic acids is 1. The monoisotopic (exact) mass is 240 g/mol. The van der Waals surface area contributed by atoms with Gasteiger partial charge in [0.05, 0.1) is 4.75 Å². The highest BCUT2D eigenvalue weighted by atomic mass is 32.2. The number of carboxylic acids is 1. The molecule has 0 saturated carbocycles. The van der Waals surface area contributed by atoms with Crippen LogP contribution in [0.4, 0.5) is 0 Å². The number of Topliss-reactive ketones (excluding diaryl/α,β-unsaturated/α-hetero) is 1. The van der Waals surface area contributed by atoms with E-state index in [1.54, 1.807) is 26.0 Å². The van der Waals surface area contributed by atoms with Crippen LogP contribution in [0.2, 0.25) is 0 Å². The number of rotatable bonds is 3. The van der Waals surface area contributed by atoms with Gasteiger partial charge >= 0.3 is 5.97 Å². The quantitative estimate of drug-likeness (QED) is 0.596. The SMILES string of the molecule is C=CC(C)=CC1(C)SC(=O)C(C(=O)O)C1=O. The molecule has 1 fully saturated rings. The van der Waals surface area contributed by atoms with E-state index in [9.17, 15) is 14.4 Å². The van der Waals surface area contributed by atoms with Crippen molar-refractivity contribution in [3.63, 3.8) is 0 Å². The Kier molecular flexibility index (Phi) is 3.38. The summed E-state index contributed by atoms with van der Waals surface area (Å²) in [7, 11) is 0. The molecule has 0 amide bonds. The van der Waals surface area contributed by atoms with Crippen molar-refractivity contribution in [1.82, 2.24) is 0 Å². The van der Waals surface area contributed by atoms with Crippen molar-refractivity contribution in [3.05, 3.63) is 24.3 Å². The Morgan fingerprint density at radius 1 is 1.56 bits per heavy atom. The smallest absolute Gasteiger partial charge is 0.322 e. The third-order valence-corrected chi connectivity index (χ3v) is 3.55. The first-order chi connectivity index (χ1) is 7.31. The molecule has 1 heterocycles. The maximum absolute atomic E-state index is 11.8.